The lowest BCUT2D eigenvalue weighted by Gasteiger charge is -2.35. The molecule has 0 bridgehead atoms. The highest BCUT2D eigenvalue weighted by Crippen LogP contribution is 2.22. The zero-order valence-electron chi connectivity index (χ0n) is 11.3. The smallest absolute Gasteiger partial charge is 0.226 e. The Balaban J connectivity index is 1.93. The molecule has 108 valence electrons. The number of carbonyl (C=O) groups is 1. The quantitative estimate of drug-likeness (QED) is 0.783. The van der Waals surface area contributed by atoms with Crippen molar-refractivity contribution in [3.8, 4) is 0 Å². The molecule has 2 atom stereocenters. The first-order chi connectivity index (χ1) is 8.96. The number of piperidine rings is 1. The van der Waals surface area contributed by atoms with Crippen molar-refractivity contribution in [3.05, 3.63) is 12.2 Å². The minimum atomic E-state index is -3.20. The van der Waals surface area contributed by atoms with E-state index in [0.717, 1.165) is 38.6 Å². The van der Waals surface area contributed by atoms with Crippen LogP contribution in [-0.4, -0.2) is 44.6 Å². The van der Waals surface area contributed by atoms with Crippen molar-refractivity contribution in [1.82, 2.24) is 9.62 Å². The number of likely N-dealkylation sites (tertiary alicyclic amines) is 1. The van der Waals surface area contributed by atoms with Gasteiger partial charge in [0.1, 0.15) is 0 Å². The number of hydrogen-bond donors (Lipinski definition) is 1. The second kappa shape index (κ2) is 6.05. The van der Waals surface area contributed by atoms with Gasteiger partial charge in [0, 0.05) is 25.0 Å². The van der Waals surface area contributed by atoms with E-state index in [-0.39, 0.29) is 17.9 Å². The monoisotopic (exact) mass is 286 g/mol. The highest BCUT2D eigenvalue weighted by Gasteiger charge is 2.29. The van der Waals surface area contributed by atoms with Gasteiger partial charge in [-0.1, -0.05) is 12.2 Å². The number of rotatable bonds is 3. The zero-order valence-corrected chi connectivity index (χ0v) is 12.2. The normalized spacial score (nSPS) is 28.4. The summed E-state index contributed by atoms with van der Waals surface area (Å²) in [5.41, 5.74) is 0. The van der Waals surface area contributed by atoms with Crippen LogP contribution in [0.25, 0.3) is 0 Å². The standard InChI is InChI=1S/C13H22N2O3S/c1-19(17,18)14-12-8-5-9-15(10-12)13(16)11-6-3-2-4-7-11/h2-3,11-12,14H,4-10H2,1H3/t11-,12+/m1/s1. The molecule has 1 saturated heterocycles. The first-order valence-corrected chi connectivity index (χ1v) is 8.76. The van der Waals surface area contributed by atoms with E-state index in [4.69, 9.17) is 0 Å². The fraction of sp³-hybridized carbons (Fsp3) is 0.769. The van der Waals surface area contributed by atoms with Crippen LogP contribution >= 0.6 is 0 Å². The van der Waals surface area contributed by atoms with Gasteiger partial charge in [0.15, 0.2) is 0 Å². The maximum absolute atomic E-state index is 12.4. The number of nitrogens with one attached hydrogen (secondary N) is 1. The fourth-order valence-electron chi connectivity index (χ4n) is 2.85. The predicted molar refractivity (Wildman–Crippen MR) is 74.1 cm³/mol. The molecule has 2 rings (SSSR count). The van der Waals surface area contributed by atoms with Crippen molar-refractivity contribution in [2.75, 3.05) is 19.3 Å². The molecule has 0 radical (unpaired) electrons. The summed E-state index contributed by atoms with van der Waals surface area (Å²) in [6, 6.07) is -0.133. The molecule has 5 nitrogen and oxygen atoms in total. The molecule has 2 aliphatic rings. The Morgan fingerprint density at radius 3 is 2.74 bits per heavy atom. The first-order valence-electron chi connectivity index (χ1n) is 6.87. The SMILES string of the molecule is CS(=O)(=O)N[C@H]1CCCN(C(=O)[C@@H]2CC=CCC2)C1. The van der Waals surface area contributed by atoms with Crippen LogP contribution in [0, 0.1) is 5.92 Å². The Morgan fingerprint density at radius 2 is 2.11 bits per heavy atom. The van der Waals surface area contributed by atoms with Crippen LogP contribution < -0.4 is 4.72 Å². The van der Waals surface area contributed by atoms with E-state index in [2.05, 4.69) is 16.9 Å². The molecule has 0 aromatic heterocycles. The van der Waals surface area contributed by atoms with Crippen molar-refractivity contribution in [3.63, 3.8) is 0 Å². The van der Waals surface area contributed by atoms with Gasteiger partial charge in [0.05, 0.1) is 6.26 Å². The molecule has 6 heteroatoms. The van der Waals surface area contributed by atoms with Crippen molar-refractivity contribution >= 4 is 15.9 Å². The Bertz CT molecular complexity index is 459. The van der Waals surface area contributed by atoms with Crippen LogP contribution in [0.5, 0.6) is 0 Å². The first kappa shape index (κ1) is 14.5. The molecule has 0 spiro atoms. The van der Waals surface area contributed by atoms with Gasteiger partial charge in [-0.25, -0.2) is 13.1 Å². The second-order valence-electron chi connectivity index (χ2n) is 5.49. The Morgan fingerprint density at radius 1 is 1.32 bits per heavy atom. The van der Waals surface area contributed by atoms with Gasteiger partial charge >= 0.3 is 0 Å². The summed E-state index contributed by atoms with van der Waals surface area (Å²) in [6.07, 6.45) is 9.73. The summed E-state index contributed by atoms with van der Waals surface area (Å²) >= 11 is 0. The average molecular weight is 286 g/mol. The van der Waals surface area contributed by atoms with Crippen molar-refractivity contribution < 1.29 is 13.2 Å². The summed E-state index contributed by atoms with van der Waals surface area (Å²) in [7, 11) is -3.20. The maximum atomic E-state index is 12.4. The molecule has 1 N–H and O–H groups in total. The molecule has 0 aromatic rings. The molecular weight excluding hydrogens is 264 g/mol. The van der Waals surface area contributed by atoms with E-state index in [1.165, 1.54) is 6.26 Å². The molecule has 19 heavy (non-hydrogen) atoms. The predicted octanol–water partition coefficient (Wildman–Crippen LogP) is 0.883. The summed E-state index contributed by atoms with van der Waals surface area (Å²) in [5.74, 6) is 0.270. The number of allylic oxidation sites excluding steroid dienone is 2. The lowest BCUT2D eigenvalue weighted by molar-refractivity contribution is -0.137. The third-order valence-corrected chi connectivity index (χ3v) is 4.49. The van der Waals surface area contributed by atoms with Gasteiger partial charge in [0.2, 0.25) is 15.9 Å². The summed E-state index contributed by atoms with van der Waals surface area (Å²) in [6.45, 7) is 1.26. The van der Waals surface area contributed by atoms with E-state index in [0.29, 0.717) is 6.54 Å². The molecule has 0 saturated carbocycles. The number of sulfonamides is 1. The van der Waals surface area contributed by atoms with Gasteiger partial charge in [-0.05, 0) is 32.1 Å². The maximum Gasteiger partial charge on any atom is 0.226 e. The largest absolute Gasteiger partial charge is 0.341 e. The summed E-state index contributed by atoms with van der Waals surface area (Å²) in [4.78, 5) is 14.2. The number of hydrogen-bond acceptors (Lipinski definition) is 3. The minimum Gasteiger partial charge on any atom is -0.341 e. The van der Waals surface area contributed by atoms with Crippen LogP contribution in [-0.2, 0) is 14.8 Å². The van der Waals surface area contributed by atoms with Crippen molar-refractivity contribution in [2.24, 2.45) is 5.92 Å². The number of carbonyl (C=O) groups excluding carboxylic acids is 1. The number of amides is 1. The molecular formula is C13H22N2O3S. The van der Waals surface area contributed by atoms with E-state index in [9.17, 15) is 13.2 Å². The topological polar surface area (TPSA) is 66.5 Å². The zero-order chi connectivity index (χ0) is 13.9. The van der Waals surface area contributed by atoms with Crippen LogP contribution in [0.2, 0.25) is 0 Å². The van der Waals surface area contributed by atoms with Gasteiger partial charge in [-0.2, -0.15) is 0 Å². The molecule has 1 fully saturated rings. The number of nitrogens with zero attached hydrogens (tertiary/aromatic N) is 1. The van der Waals surface area contributed by atoms with E-state index in [1.807, 2.05) is 4.90 Å². The second-order valence-corrected chi connectivity index (χ2v) is 7.27. The molecule has 1 aliphatic carbocycles. The lowest BCUT2D eigenvalue weighted by atomic mass is 9.92. The van der Waals surface area contributed by atoms with Crippen LogP contribution in [0.1, 0.15) is 32.1 Å². The van der Waals surface area contributed by atoms with E-state index >= 15 is 0 Å². The summed E-state index contributed by atoms with van der Waals surface area (Å²) in [5, 5.41) is 0. The van der Waals surface area contributed by atoms with Crippen LogP contribution in [0.3, 0.4) is 0 Å². The molecule has 0 aromatic carbocycles. The molecule has 0 unspecified atom stereocenters. The van der Waals surface area contributed by atoms with Gasteiger partial charge in [-0.15, -0.1) is 0 Å². The lowest BCUT2D eigenvalue weighted by Crippen LogP contribution is -2.50. The third kappa shape index (κ3) is 4.31. The van der Waals surface area contributed by atoms with E-state index < -0.39 is 10.0 Å². The summed E-state index contributed by atoms with van der Waals surface area (Å²) < 4.78 is 25.1. The third-order valence-electron chi connectivity index (χ3n) is 3.73. The van der Waals surface area contributed by atoms with Crippen molar-refractivity contribution in [1.29, 1.82) is 0 Å². The Labute approximate surface area is 115 Å². The minimum absolute atomic E-state index is 0.0852. The molecule has 1 amide bonds. The van der Waals surface area contributed by atoms with Crippen molar-refractivity contribution in [2.45, 2.75) is 38.1 Å². The fourth-order valence-corrected chi connectivity index (χ4v) is 3.65. The Kier molecular flexibility index (Phi) is 4.62. The van der Waals surface area contributed by atoms with Crippen LogP contribution in [0.4, 0.5) is 0 Å². The van der Waals surface area contributed by atoms with Gasteiger partial charge < -0.3 is 4.90 Å². The molecule has 1 aliphatic heterocycles. The highest BCUT2D eigenvalue weighted by molar-refractivity contribution is 7.88. The Hall–Kier alpha value is -0.880. The van der Waals surface area contributed by atoms with Crippen LogP contribution in [0.15, 0.2) is 12.2 Å². The van der Waals surface area contributed by atoms with Gasteiger partial charge in [0.25, 0.3) is 0 Å². The van der Waals surface area contributed by atoms with E-state index in [1.54, 1.807) is 0 Å². The molecule has 1 heterocycles. The van der Waals surface area contributed by atoms with Gasteiger partial charge in [-0.3, -0.25) is 4.79 Å². The highest BCUT2D eigenvalue weighted by atomic mass is 32.2. The average Bonchev–Trinajstić information content (AvgIpc) is 2.37.